The lowest BCUT2D eigenvalue weighted by Gasteiger charge is -2.21. The van der Waals surface area contributed by atoms with Crippen molar-refractivity contribution < 1.29 is 13.9 Å². The summed E-state index contributed by atoms with van der Waals surface area (Å²) in [5.41, 5.74) is 1.72. The molecule has 0 aliphatic carbocycles. The molecule has 0 fully saturated rings. The number of benzene rings is 2. The fraction of sp³-hybridized carbons (Fsp3) is 0.188. The first kappa shape index (κ1) is 12.7. The maximum atomic E-state index is 13.6. The highest BCUT2D eigenvalue weighted by Gasteiger charge is 2.19. The van der Waals surface area contributed by atoms with E-state index < -0.39 is 0 Å². The summed E-state index contributed by atoms with van der Waals surface area (Å²) in [5, 5.41) is 3.18. The molecule has 3 rings (SSSR count). The second kappa shape index (κ2) is 5.33. The fourth-order valence-corrected chi connectivity index (χ4v) is 2.30. The van der Waals surface area contributed by atoms with Crippen LogP contribution in [0.25, 0.3) is 0 Å². The Morgan fingerprint density at radius 2 is 2.05 bits per heavy atom. The molecular weight excluding hydrogens is 257 g/mol. The minimum absolute atomic E-state index is 0.0342. The SMILES string of the molecule is O=C(Cc1ccccc1F)c1cccc2c1OCCN2. The summed E-state index contributed by atoms with van der Waals surface area (Å²) in [6.45, 7) is 1.24. The van der Waals surface area contributed by atoms with Gasteiger partial charge in [-0.25, -0.2) is 4.39 Å². The second-order valence-electron chi connectivity index (χ2n) is 4.65. The Bertz CT molecular complexity index is 655. The fourth-order valence-electron chi connectivity index (χ4n) is 2.30. The van der Waals surface area contributed by atoms with Gasteiger partial charge in [-0.1, -0.05) is 24.3 Å². The molecule has 0 saturated heterocycles. The number of ketones is 1. The number of hydrogen-bond donors (Lipinski definition) is 1. The Hall–Kier alpha value is -2.36. The molecule has 1 heterocycles. The van der Waals surface area contributed by atoms with Gasteiger partial charge in [-0.2, -0.15) is 0 Å². The largest absolute Gasteiger partial charge is 0.489 e. The van der Waals surface area contributed by atoms with Crippen LogP contribution >= 0.6 is 0 Å². The smallest absolute Gasteiger partial charge is 0.171 e. The van der Waals surface area contributed by atoms with E-state index >= 15 is 0 Å². The Morgan fingerprint density at radius 1 is 1.20 bits per heavy atom. The van der Waals surface area contributed by atoms with Crippen molar-refractivity contribution in [1.82, 2.24) is 0 Å². The third-order valence-electron chi connectivity index (χ3n) is 3.29. The van der Waals surface area contributed by atoms with Crippen LogP contribution in [0.3, 0.4) is 0 Å². The quantitative estimate of drug-likeness (QED) is 0.872. The number of hydrogen-bond acceptors (Lipinski definition) is 3. The third kappa shape index (κ3) is 2.37. The van der Waals surface area contributed by atoms with Crippen molar-refractivity contribution in [3.05, 3.63) is 59.4 Å². The molecule has 0 spiro atoms. The molecule has 102 valence electrons. The average Bonchev–Trinajstić information content (AvgIpc) is 2.49. The first-order valence-electron chi connectivity index (χ1n) is 6.52. The number of halogens is 1. The number of carbonyl (C=O) groups is 1. The monoisotopic (exact) mass is 271 g/mol. The Kier molecular flexibility index (Phi) is 3.37. The normalized spacial score (nSPS) is 13.1. The number of rotatable bonds is 3. The Labute approximate surface area is 116 Å². The molecule has 2 aromatic carbocycles. The van der Waals surface area contributed by atoms with Gasteiger partial charge in [0, 0.05) is 13.0 Å². The average molecular weight is 271 g/mol. The van der Waals surface area contributed by atoms with Crippen molar-refractivity contribution in [2.24, 2.45) is 0 Å². The van der Waals surface area contributed by atoms with Gasteiger partial charge in [0.15, 0.2) is 11.5 Å². The van der Waals surface area contributed by atoms with Crippen LogP contribution in [0, 0.1) is 5.82 Å². The number of anilines is 1. The zero-order chi connectivity index (χ0) is 13.9. The van der Waals surface area contributed by atoms with E-state index in [0.717, 1.165) is 12.2 Å². The predicted octanol–water partition coefficient (Wildman–Crippen LogP) is 3.06. The predicted molar refractivity (Wildman–Crippen MR) is 74.9 cm³/mol. The summed E-state index contributed by atoms with van der Waals surface area (Å²) >= 11 is 0. The molecule has 0 amide bonds. The van der Waals surface area contributed by atoms with Crippen LogP contribution in [-0.4, -0.2) is 18.9 Å². The number of fused-ring (bicyclic) bond motifs is 1. The van der Waals surface area contributed by atoms with Gasteiger partial charge >= 0.3 is 0 Å². The summed E-state index contributed by atoms with van der Waals surface area (Å²) in [6, 6.07) is 11.7. The highest BCUT2D eigenvalue weighted by Crippen LogP contribution is 2.32. The lowest BCUT2D eigenvalue weighted by atomic mass is 10.0. The van der Waals surface area contributed by atoms with E-state index in [1.165, 1.54) is 6.07 Å². The van der Waals surface area contributed by atoms with E-state index in [2.05, 4.69) is 5.32 Å². The van der Waals surface area contributed by atoms with Gasteiger partial charge in [0.05, 0.1) is 11.3 Å². The molecule has 20 heavy (non-hydrogen) atoms. The molecule has 3 nitrogen and oxygen atoms in total. The minimum Gasteiger partial charge on any atom is -0.489 e. The molecule has 4 heteroatoms. The molecule has 0 bridgehead atoms. The van der Waals surface area contributed by atoms with E-state index in [0.29, 0.717) is 23.5 Å². The molecule has 0 atom stereocenters. The molecule has 1 aliphatic rings. The van der Waals surface area contributed by atoms with Crippen molar-refractivity contribution in [2.45, 2.75) is 6.42 Å². The molecule has 0 radical (unpaired) electrons. The Balaban J connectivity index is 1.90. The topological polar surface area (TPSA) is 38.3 Å². The second-order valence-corrected chi connectivity index (χ2v) is 4.65. The summed E-state index contributed by atoms with van der Waals surface area (Å²) in [5.74, 6) is 0.0698. The molecule has 0 unspecified atom stereocenters. The van der Waals surface area contributed by atoms with E-state index in [-0.39, 0.29) is 18.0 Å². The van der Waals surface area contributed by atoms with E-state index in [1.807, 2.05) is 6.07 Å². The minimum atomic E-state index is -0.357. The molecule has 0 saturated carbocycles. The van der Waals surface area contributed by atoms with Crippen LogP contribution in [-0.2, 0) is 6.42 Å². The van der Waals surface area contributed by atoms with Crippen LogP contribution in [0.2, 0.25) is 0 Å². The first-order valence-corrected chi connectivity index (χ1v) is 6.52. The van der Waals surface area contributed by atoms with Crippen LogP contribution in [0.1, 0.15) is 15.9 Å². The Morgan fingerprint density at radius 3 is 2.90 bits per heavy atom. The number of nitrogens with one attached hydrogen (secondary N) is 1. The number of para-hydroxylation sites is 1. The van der Waals surface area contributed by atoms with Gasteiger partial charge in [0.25, 0.3) is 0 Å². The van der Waals surface area contributed by atoms with Crippen LogP contribution in [0.4, 0.5) is 10.1 Å². The maximum absolute atomic E-state index is 13.6. The van der Waals surface area contributed by atoms with Crippen LogP contribution in [0.5, 0.6) is 5.75 Å². The van der Waals surface area contributed by atoms with Gasteiger partial charge in [0.1, 0.15) is 12.4 Å². The zero-order valence-corrected chi connectivity index (χ0v) is 10.9. The van der Waals surface area contributed by atoms with E-state index in [1.54, 1.807) is 30.3 Å². The zero-order valence-electron chi connectivity index (χ0n) is 10.9. The molecule has 2 aromatic rings. The van der Waals surface area contributed by atoms with Crippen molar-refractivity contribution in [2.75, 3.05) is 18.5 Å². The molecule has 0 aromatic heterocycles. The van der Waals surface area contributed by atoms with Gasteiger partial charge in [-0.05, 0) is 23.8 Å². The summed E-state index contributed by atoms with van der Waals surface area (Å²) in [6.07, 6.45) is 0.0342. The lowest BCUT2D eigenvalue weighted by molar-refractivity contribution is 0.0988. The summed E-state index contributed by atoms with van der Waals surface area (Å²) in [4.78, 5) is 12.4. The molecular formula is C16H14FNO2. The summed E-state index contributed by atoms with van der Waals surface area (Å²) < 4.78 is 19.2. The van der Waals surface area contributed by atoms with Gasteiger partial charge in [-0.3, -0.25) is 4.79 Å². The molecule has 1 aliphatic heterocycles. The molecule has 1 N–H and O–H groups in total. The highest BCUT2D eigenvalue weighted by molar-refractivity contribution is 6.01. The van der Waals surface area contributed by atoms with E-state index in [4.69, 9.17) is 4.74 Å². The van der Waals surface area contributed by atoms with Crippen molar-refractivity contribution in [3.63, 3.8) is 0 Å². The van der Waals surface area contributed by atoms with Gasteiger partial charge in [0.2, 0.25) is 0 Å². The maximum Gasteiger partial charge on any atom is 0.171 e. The highest BCUT2D eigenvalue weighted by atomic mass is 19.1. The van der Waals surface area contributed by atoms with Gasteiger partial charge < -0.3 is 10.1 Å². The lowest BCUT2D eigenvalue weighted by Crippen LogP contribution is -2.20. The first-order chi connectivity index (χ1) is 9.75. The van der Waals surface area contributed by atoms with Crippen LogP contribution < -0.4 is 10.1 Å². The number of ether oxygens (including phenoxy) is 1. The van der Waals surface area contributed by atoms with Crippen molar-refractivity contribution in [3.8, 4) is 5.75 Å². The third-order valence-corrected chi connectivity index (χ3v) is 3.29. The van der Waals surface area contributed by atoms with Crippen LogP contribution in [0.15, 0.2) is 42.5 Å². The number of carbonyl (C=O) groups excluding carboxylic acids is 1. The summed E-state index contributed by atoms with van der Waals surface area (Å²) in [7, 11) is 0. The van der Waals surface area contributed by atoms with E-state index in [9.17, 15) is 9.18 Å². The van der Waals surface area contributed by atoms with Crippen molar-refractivity contribution >= 4 is 11.5 Å². The van der Waals surface area contributed by atoms with Gasteiger partial charge in [-0.15, -0.1) is 0 Å². The number of Topliss-reactive ketones (excluding diaryl/α,β-unsaturated/α-hetero) is 1. The standard InChI is InChI=1S/C16H14FNO2/c17-13-6-2-1-4-11(13)10-15(19)12-5-3-7-14-16(12)20-9-8-18-14/h1-7,18H,8-10H2. The van der Waals surface area contributed by atoms with Crippen molar-refractivity contribution in [1.29, 1.82) is 0 Å².